The van der Waals surface area contributed by atoms with Crippen LogP contribution in [0.3, 0.4) is 0 Å². The minimum atomic E-state index is -3.22. The van der Waals surface area contributed by atoms with Gasteiger partial charge in [-0.2, -0.15) is 0 Å². The molecule has 0 fully saturated rings. The molecule has 1 heterocycles. The van der Waals surface area contributed by atoms with Gasteiger partial charge in [0.25, 0.3) is 0 Å². The van der Waals surface area contributed by atoms with Gasteiger partial charge in [0.15, 0.2) is 0 Å². The molecule has 0 aliphatic carbocycles. The lowest BCUT2D eigenvalue weighted by Gasteiger charge is -2.14. The first-order chi connectivity index (χ1) is 8.22. The molecular weight excluding hydrogens is 262 g/mol. The largest absolute Gasteiger partial charge is 0.565 e. The number of carboxylic acids is 1. The average Bonchev–Trinajstić information content (AvgIpc) is 2.62. The van der Waals surface area contributed by atoms with Crippen LogP contribution < -0.4 is 5.43 Å². The van der Waals surface area contributed by atoms with Crippen molar-refractivity contribution in [2.45, 2.75) is 12.1 Å². The molecule has 18 heavy (non-hydrogen) atoms. The highest BCUT2D eigenvalue weighted by atomic mass is 16.7. The van der Waals surface area contributed by atoms with Gasteiger partial charge in [0, 0.05) is 0 Å². The third-order valence-electron chi connectivity index (χ3n) is 1.71. The second-order valence-corrected chi connectivity index (χ2v) is 2.80. The van der Waals surface area contributed by atoms with E-state index >= 15 is 0 Å². The van der Waals surface area contributed by atoms with Crippen molar-refractivity contribution in [1.29, 1.82) is 0 Å². The summed E-state index contributed by atoms with van der Waals surface area (Å²) in [5, 5.41) is 44.9. The van der Waals surface area contributed by atoms with E-state index in [2.05, 4.69) is 10.3 Å². The Kier molecular flexibility index (Phi) is 3.00. The summed E-state index contributed by atoms with van der Waals surface area (Å²) in [6.07, 6.45) is -2.74. The van der Waals surface area contributed by atoms with E-state index in [1.807, 2.05) is 0 Å². The van der Waals surface area contributed by atoms with E-state index in [1.165, 1.54) is 5.43 Å². The number of carboxylic acid groups (broad SMARTS) is 1. The van der Waals surface area contributed by atoms with Gasteiger partial charge >= 0.3 is 18.0 Å². The molecule has 0 saturated carbocycles. The maximum atomic E-state index is 10.6. The zero-order valence-electron chi connectivity index (χ0n) is 8.07. The standard InChI is InChI=1S/C3H3N7O8/c11-1(12)3(10(17)18)4-6-7(5-3)2(8(13)14)9(15)16/h2,5H,(H,11,12). The van der Waals surface area contributed by atoms with Gasteiger partial charge in [0.05, 0.1) is 4.92 Å². The summed E-state index contributed by atoms with van der Waals surface area (Å²) in [5.74, 6) is -5.35. The van der Waals surface area contributed by atoms with Crippen LogP contribution in [-0.4, -0.2) is 43.0 Å². The summed E-state index contributed by atoms with van der Waals surface area (Å²) in [5.41, 5.74) is 1.38. The topological polar surface area (TPSA) is 207 Å². The molecule has 15 heteroatoms. The highest BCUT2D eigenvalue weighted by Crippen LogP contribution is 2.19. The third-order valence-corrected chi connectivity index (χ3v) is 1.71. The predicted octanol–water partition coefficient (Wildman–Crippen LogP) is -1.97. The van der Waals surface area contributed by atoms with Crippen LogP contribution in [0.4, 0.5) is 0 Å². The molecule has 2 N–H and O–H groups in total. The minimum absolute atomic E-state index is 0.225. The van der Waals surface area contributed by atoms with Gasteiger partial charge in [-0.1, -0.05) is 10.2 Å². The molecule has 98 valence electrons. The number of carbonyl (C=O) groups is 1. The Morgan fingerprint density at radius 1 is 1.28 bits per heavy atom. The number of nitrogens with zero attached hydrogens (tertiary/aromatic N) is 6. The van der Waals surface area contributed by atoms with Gasteiger partial charge in [0.2, 0.25) is 0 Å². The first-order valence-electron chi connectivity index (χ1n) is 3.87. The van der Waals surface area contributed by atoms with Crippen LogP contribution in [-0.2, 0) is 4.79 Å². The van der Waals surface area contributed by atoms with Crippen LogP contribution in [0.15, 0.2) is 10.3 Å². The number of hydrogen-bond donors (Lipinski definition) is 2. The summed E-state index contributed by atoms with van der Waals surface area (Å²) >= 11 is 0. The van der Waals surface area contributed by atoms with E-state index in [-0.39, 0.29) is 5.12 Å². The quantitative estimate of drug-likeness (QED) is 0.318. The maximum Gasteiger partial charge on any atom is 0.565 e. The lowest BCUT2D eigenvalue weighted by Crippen LogP contribution is -2.61. The van der Waals surface area contributed by atoms with E-state index in [1.54, 1.807) is 0 Å². The van der Waals surface area contributed by atoms with E-state index in [9.17, 15) is 35.1 Å². The predicted molar refractivity (Wildman–Crippen MR) is 45.0 cm³/mol. The minimum Gasteiger partial charge on any atom is -0.473 e. The SMILES string of the molecule is O=C(O)C1([N+](=O)[O-])N=NN(C([N+](=O)[O-])[N+](=O)[O-])N1. The number of nitro groups is 3. The molecule has 0 radical (unpaired) electrons. The van der Waals surface area contributed by atoms with Crippen molar-refractivity contribution in [3.63, 3.8) is 0 Å². The smallest absolute Gasteiger partial charge is 0.473 e. The number of rotatable bonds is 5. The lowest BCUT2D eigenvalue weighted by molar-refractivity contribution is -0.773. The second-order valence-electron chi connectivity index (χ2n) is 2.80. The summed E-state index contributed by atoms with van der Waals surface area (Å²) < 4.78 is 0. The normalized spacial score (nSPS) is 22.2. The first-order valence-corrected chi connectivity index (χ1v) is 3.87. The van der Waals surface area contributed by atoms with Gasteiger partial charge in [-0.15, -0.1) is 5.43 Å². The van der Waals surface area contributed by atoms with Crippen LogP contribution in [0.5, 0.6) is 0 Å². The highest BCUT2D eigenvalue weighted by Gasteiger charge is 2.62. The van der Waals surface area contributed by atoms with Crippen molar-refractivity contribution in [2.24, 2.45) is 10.3 Å². The average molecular weight is 265 g/mol. The molecule has 0 saturated heterocycles. The Hall–Kier alpha value is -2.97. The molecule has 0 amide bonds. The number of hydrazine groups is 1. The molecule has 1 atom stereocenters. The third kappa shape index (κ3) is 1.84. The Morgan fingerprint density at radius 3 is 2.06 bits per heavy atom. The molecule has 1 aliphatic heterocycles. The van der Waals surface area contributed by atoms with Gasteiger partial charge in [-0.25, -0.2) is 4.79 Å². The van der Waals surface area contributed by atoms with E-state index in [4.69, 9.17) is 5.11 Å². The van der Waals surface area contributed by atoms with Gasteiger partial charge < -0.3 is 5.11 Å². The Balaban J connectivity index is 3.05. The molecule has 0 aromatic rings. The van der Waals surface area contributed by atoms with Crippen LogP contribution in [0.1, 0.15) is 0 Å². The zero-order valence-corrected chi connectivity index (χ0v) is 8.07. The van der Waals surface area contributed by atoms with E-state index in [0.717, 1.165) is 0 Å². The summed E-state index contributed by atoms with van der Waals surface area (Å²) in [4.78, 5) is 37.5. The maximum absolute atomic E-state index is 10.6. The Labute approximate surface area is 95.1 Å². The van der Waals surface area contributed by atoms with Crippen LogP contribution in [0.25, 0.3) is 0 Å². The van der Waals surface area contributed by atoms with E-state index in [0.29, 0.717) is 0 Å². The molecule has 0 bridgehead atoms. The van der Waals surface area contributed by atoms with Crippen molar-refractivity contribution in [2.75, 3.05) is 0 Å². The van der Waals surface area contributed by atoms with Crippen LogP contribution in [0, 0.1) is 30.3 Å². The van der Waals surface area contributed by atoms with Gasteiger partial charge in [-0.3, -0.25) is 30.3 Å². The van der Waals surface area contributed by atoms with E-state index < -0.39 is 32.8 Å². The van der Waals surface area contributed by atoms with Crippen molar-refractivity contribution >= 4 is 5.97 Å². The molecule has 0 aromatic heterocycles. The fraction of sp³-hybridized carbons (Fsp3) is 0.667. The molecular formula is C3H3N7O8. The van der Waals surface area contributed by atoms with Crippen molar-refractivity contribution in [1.82, 2.24) is 10.5 Å². The highest BCUT2D eigenvalue weighted by molar-refractivity contribution is 5.76. The van der Waals surface area contributed by atoms with Crippen LogP contribution >= 0.6 is 0 Å². The fourth-order valence-electron chi connectivity index (χ4n) is 0.923. The molecule has 1 unspecified atom stereocenters. The fourth-order valence-corrected chi connectivity index (χ4v) is 0.923. The monoisotopic (exact) mass is 265 g/mol. The summed E-state index contributed by atoms with van der Waals surface area (Å²) in [6.45, 7) is 0. The molecule has 15 nitrogen and oxygen atoms in total. The number of hydrogen-bond acceptors (Lipinski definition) is 11. The van der Waals surface area contributed by atoms with Crippen molar-refractivity contribution in [3.8, 4) is 0 Å². The van der Waals surface area contributed by atoms with Crippen LogP contribution in [0.2, 0.25) is 0 Å². The number of nitrogens with one attached hydrogen (secondary N) is 1. The van der Waals surface area contributed by atoms with Crippen molar-refractivity contribution in [3.05, 3.63) is 30.3 Å². The van der Waals surface area contributed by atoms with Gasteiger partial charge in [0.1, 0.15) is 9.85 Å². The van der Waals surface area contributed by atoms with Gasteiger partial charge in [-0.05, 0) is 5.22 Å². The second kappa shape index (κ2) is 4.13. The molecule has 1 rings (SSSR count). The molecule has 0 spiro atoms. The van der Waals surface area contributed by atoms with Crippen molar-refractivity contribution < 1.29 is 24.7 Å². The summed E-state index contributed by atoms with van der Waals surface area (Å²) in [6, 6.07) is 0. The summed E-state index contributed by atoms with van der Waals surface area (Å²) in [7, 11) is 0. The molecule has 1 aliphatic rings. The lowest BCUT2D eigenvalue weighted by atomic mass is 10.4. The first kappa shape index (κ1) is 13.1. The Bertz CT molecular complexity index is 430. The number of aliphatic carboxylic acids is 1. The zero-order chi connectivity index (χ0) is 14.1. The Morgan fingerprint density at radius 2 is 1.78 bits per heavy atom. The molecule has 0 aromatic carbocycles.